The maximum atomic E-state index is 12.2. The Morgan fingerprint density at radius 2 is 1.83 bits per heavy atom. The Labute approximate surface area is 114 Å². The van der Waals surface area contributed by atoms with Crippen LogP contribution in [0.3, 0.4) is 0 Å². The van der Waals surface area contributed by atoms with Crippen LogP contribution < -0.4 is 5.73 Å². The highest BCUT2D eigenvalue weighted by atomic mass is 32.1. The van der Waals surface area contributed by atoms with Crippen molar-refractivity contribution in [3.05, 3.63) is 0 Å². The monoisotopic (exact) mass is 269 g/mol. The van der Waals surface area contributed by atoms with Crippen LogP contribution in [0.4, 0.5) is 0 Å². The van der Waals surface area contributed by atoms with E-state index in [1.165, 1.54) is 0 Å². The molecule has 2 atom stereocenters. The number of carbonyl (C=O) groups is 1. The highest BCUT2D eigenvalue weighted by Crippen LogP contribution is 2.52. The Morgan fingerprint density at radius 3 is 2.22 bits per heavy atom. The van der Waals surface area contributed by atoms with Crippen molar-refractivity contribution in [1.82, 2.24) is 9.80 Å². The average molecular weight is 269 g/mol. The molecule has 2 fully saturated rings. The molecule has 1 saturated carbocycles. The highest BCUT2D eigenvalue weighted by molar-refractivity contribution is 7.80. The molecule has 1 aliphatic carbocycles. The van der Waals surface area contributed by atoms with Crippen LogP contribution in [-0.2, 0) is 4.79 Å². The average Bonchev–Trinajstić information content (AvgIpc) is 2.96. The van der Waals surface area contributed by atoms with Crippen LogP contribution in [0.25, 0.3) is 0 Å². The third-order valence-electron chi connectivity index (χ3n) is 4.40. The lowest BCUT2D eigenvalue weighted by Gasteiger charge is -2.38. The number of nitrogens with zero attached hydrogens (tertiary/aromatic N) is 2. The number of thiocarbonyl (C=S) groups is 1. The summed E-state index contributed by atoms with van der Waals surface area (Å²) >= 11 is 5.02. The Balaban J connectivity index is 1.84. The van der Waals surface area contributed by atoms with E-state index >= 15 is 0 Å². The first kappa shape index (κ1) is 13.7. The zero-order valence-electron chi connectivity index (χ0n) is 11.5. The van der Waals surface area contributed by atoms with Gasteiger partial charge in [0.1, 0.15) is 0 Å². The lowest BCUT2D eigenvalue weighted by molar-refractivity contribution is -0.135. The van der Waals surface area contributed by atoms with E-state index < -0.39 is 0 Å². The van der Waals surface area contributed by atoms with Crippen LogP contribution in [0, 0.1) is 11.3 Å². The molecule has 5 heteroatoms. The first-order valence-electron chi connectivity index (χ1n) is 6.65. The molecule has 2 N–H and O–H groups in total. The summed E-state index contributed by atoms with van der Waals surface area (Å²) < 4.78 is 0. The van der Waals surface area contributed by atoms with Crippen molar-refractivity contribution in [3.63, 3.8) is 0 Å². The lowest BCUT2D eigenvalue weighted by Crippen LogP contribution is -2.54. The number of carbonyl (C=O) groups excluding carboxylic acids is 1. The molecule has 102 valence electrons. The van der Waals surface area contributed by atoms with Gasteiger partial charge in [-0.05, 0) is 18.8 Å². The van der Waals surface area contributed by atoms with Gasteiger partial charge in [0.05, 0.1) is 11.0 Å². The van der Waals surface area contributed by atoms with E-state index in [0.717, 1.165) is 32.6 Å². The van der Waals surface area contributed by atoms with Crippen LogP contribution in [-0.4, -0.2) is 52.9 Å². The summed E-state index contributed by atoms with van der Waals surface area (Å²) in [7, 11) is 0. The molecule has 2 unspecified atom stereocenters. The molecule has 0 aromatic rings. The van der Waals surface area contributed by atoms with Crippen molar-refractivity contribution < 1.29 is 4.79 Å². The number of rotatable bonds is 3. The Morgan fingerprint density at radius 1 is 1.33 bits per heavy atom. The molecular weight excluding hydrogens is 246 g/mol. The molecule has 0 bridgehead atoms. The molecule has 0 aromatic carbocycles. The largest absolute Gasteiger partial charge is 0.392 e. The fraction of sp³-hybridized carbons (Fsp3) is 0.846. The van der Waals surface area contributed by atoms with Crippen LogP contribution in [0.2, 0.25) is 0 Å². The molecule has 2 aliphatic rings. The topological polar surface area (TPSA) is 49.6 Å². The molecule has 2 rings (SSSR count). The summed E-state index contributed by atoms with van der Waals surface area (Å²) in [5.74, 6) is 0.583. The van der Waals surface area contributed by atoms with E-state index in [9.17, 15) is 4.79 Å². The minimum Gasteiger partial charge on any atom is -0.392 e. The van der Waals surface area contributed by atoms with Gasteiger partial charge in [-0.2, -0.15) is 0 Å². The maximum absolute atomic E-state index is 12.2. The second-order valence-electron chi connectivity index (χ2n) is 6.18. The van der Waals surface area contributed by atoms with Gasteiger partial charge in [-0.25, -0.2) is 0 Å². The van der Waals surface area contributed by atoms with Crippen molar-refractivity contribution >= 4 is 23.1 Å². The number of hydrogen-bond acceptors (Lipinski definition) is 3. The van der Waals surface area contributed by atoms with Gasteiger partial charge < -0.3 is 10.6 Å². The molecule has 18 heavy (non-hydrogen) atoms. The van der Waals surface area contributed by atoms with E-state index in [1.54, 1.807) is 0 Å². The molecule has 0 aromatic heterocycles. The third kappa shape index (κ3) is 2.67. The van der Waals surface area contributed by atoms with E-state index in [1.807, 2.05) is 11.8 Å². The fourth-order valence-electron chi connectivity index (χ4n) is 2.62. The predicted octanol–water partition coefficient (Wildman–Crippen LogP) is 0.851. The Bertz CT molecular complexity index is 361. The molecule has 1 aliphatic heterocycles. The van der Waals surface area contributed by atoms with Gasteiger partial charge >= 0.3 is 0 Å². The molecule has 4 nitrogen and oxygen atoms in total. The molecule has 0 spiro atoms. The van der Waals surface area contributed by atoms with Gasteiger partial charge in [0.15, 0.2) is 0 Å². The Kier molecular flexibility index (Phi) is 3.65. The first-order valence-corrected chi connectivity index (χ1v) is 7.06. The molecular formula is C13H23N3OS. The number of amides is 1. The van der Waals surface area contributed by atoms with Gasteiger partial charge in [-0.1, -0.05) is 26.1 Å². The standard InChI is InChI=1S/C13H23N3OS/c1-9(11(14)18)15-4-6-16(7-5-15)12(17)10-8-13(10,2)3/h9-10H,4-8H2,1-3H3,(H2,14,18). The normalized spacial score (nSPS) is 28.8. The minimum absolute atomic E-state index is 0.134. The summed E-state index contributed by atoms with van der Waals surface area (Å²) in [6.45, 7) is 9.72. The van der Waals surface area contributed by atoms with E-state index in [2.05, 4.69) is 18.7 Å². The predicted molar refractivity (Wildman–Crippen MR) is 76.3 cm³/mol. The SMILES string of the molecule is CC(C(N)=S)N1CCN(C(=O)C2CC2(C)C)CC1. The molecule has 0 radical (unpaired) electrons. The van der Waals surface area contributed by atoms with Gasteiger partial charge in [-0.3, -0.25) is 9.69 Å². The fourth-order valence-corrected chi connectivity index (χ4v) is 2.77. The zero-order valence-corrected chi connectivity index (χ0v) is 12.3. The van der Waals surface area contributed by atoms with Crippen molar-refractivity contribution in [2.45, 2.75) is 33.2 Å². The van der Waals surface area contributed by atoms with Gasteiger partial charge in [0, 0.05) is 32.1 Å². The highest BCUT2D eigenvalue weighted by Gasteiger charge is 2.52. The van der Waals surface area contributed by atoms with Crippen LogP contribution in [0.15, 0.2) is 0 Å². The summed E-state index contributed by atoms with van der Waals surface area (Å²) in [5, 5.41) is 0. The van der Waals surface area contributed by atoms with Crippen molar-refractivity contribution in [2.24, 2.45) is 17.1 Å². The van der Waals surface area contributed by atoms with E-state index in [0.29, 0.717) is 10.9 Å². The van der Waals surface area contributed by atoms with Gasteiger partial charge in [-0.15, -0.1) is 0 Å². The van der Waals surface area contributed by atoms with Crippen LogP contribution in [0.5, 0.6) is 0 Å². The lowest BCUT2D eigenvalue weighted by atomic mass is 10.1. The van der Waals surface area contributed by atoms with E-state index in [4.69, 9.17) is 18.0 Å². The van der Waals surface area contributed by atoms with Crippen molar-refractivity contribution in [3.8, 4) is 0 Å². The summed E-state index contributed by atoms with van der Waals surface area (Å²) in [6.07, 6.45) is 1.04. The quantitative estimate of drug-likeness (QED) is 0.772. The van der Waals surface area contributed by atoms with Gasteiger partial charge in [0.25, 0.3) is 0 Å². The number of piperazine rings is 1. The Hall–Kier alpha value is -0.680. The second-order valence-corrected chi connectivity index (χ2v) is 6.66. The minimum atomic E-state index is 0.134. The summed E-state index contributed by atoms with van der Waals surface area (Å²) in [5.41, 5.74) is 5.89. The first-order chi connectivity index (χ1) is 8.33. The molecule has 1 heterocycles. The van der Waals surface area contributed by atoms with Gasteiger partial charge in [0.2, 0.25) is 5.91 Å². The third-order valence-corrected chi connectivity index (χ3v) is 4.74. The maximum Gasteiger partial charge on any atom is 0.226 e. The van der Waals surface area contributed by atoms with Crippen molar-refractivity contribution in [1.29, 1.82) is 0 Å². The second kappa shape index (κ2) is 4.78. The van der Waals surface area contributed by atoms with E-state index in [-0.39, 0.29) is 17.4 Å². The summed E-state index contributed by atoms with van der Waals surface area (Å²) in [6, 6.07) is 0.134. The number of hydrogen-bond donors (Lipinski definition) is 1. The smallest absolute Gasteiger partial charge is 0.226 e. The molecule has 1 amide bonds. The summed E-state index contributed by atoms with van der Waals surface area (Å²) in [4.78, 5) is 17.0. The zero-order chi connectivity index (χ0) is 13.5. The number of nitrogens with two attached hydrogens (primary N) is 1. The molecule has 1 saturated heterocycles. The van der Waals surface area contributed by atoms with Crippen molar-refractivity contribution in [2.75, 3.05) is 26.2 Å². The van der Waals surface area contributed by atoms with Crippen LogP contribution >= 0.6 is 12.2 Å². The van der Waals surface area contributed by atoms with Crippen LogP contribution in [0.1, 0.15) is 27.2 Å².